The largest absolute Gasteiger partial charge is 0.377 e. The number of nitrogens with one attached hydrogen (secondary N) is 1. The maximum atomic E-state index is 11.5. The second-order valence-electron chi connectivity index (χ2n) is 4.05. The van der Waals surface area contributed by atoms with Crippen molar-refractivity contribution in [2.24, 2.45) is 0 Å². The average Bonchev–Trinajstić information content (AvgIpc) is 2.54. The fourth-order valence-corrected chi connectivity index (χ4v) is 2.41. The highest BCUT2D eigenvalue weighted by molar-refractivity contribution is 7.90. The van der Waals surface area contributed by atoms with Crippen molar-refractivity contribution in [3.63, 3.8) is 0 Å². The number of sulfonamides is 1. The second-order valence-corrected chi connectivity index (χ2v) is 6.32. The lowest BCUT2D eigenvalue weighted by atomic mass is 10.1. The third-order valence-corrected chi connectivity index (χ3v) is 4.43. The molecule has 0 aliphatic carbocycles. The van der Waals surface area contributed by atoms with Crippen LogP contribution in [-0.2, 0) is 14.8 Å². The van der Waals surface area contributed by atoms with Crippen LogP contribution in [0.1, 0.15) is 33.6 Å². The van der Waals surface area contributed by atoms with Gasteiger partial charge in [0.25, 0.3) is 0 Å². The first-order chi connectivity index (χ1) is 6.43. The zero-order valence-electron chi connectivity index (χ0n) is 8.99. The summed E-state index contributed by atoms with van der Waals surface area (Å²) in [6.07, 6.45) is 2.02. The van der Waals surface area contributed by atoms with Crippen LogP contribution in [0, 0.1) is 0 Å². The molecule has 0 radical (unpaired) electrons. The summed E-state index contributed by atoms with van der Waals surface area (Å²) in [5.41, 5.74) is 0. The SMILES string of the molecule is CC(NS(=O)(=O)C(C)C)C1CCCO1. The van der Waals surface area contributed by atoms with E-state index in [0.717, 1.165) is 19.4 Å². The molecule has 0 saturated carbocycles. The maximum absolute atomic E-state index is 11.5. The Morgan fingerprint density at radius 1 is 1.36 bits per heavy atom. The third kappa shape index (κ3) is 2.93. The highest BCUT2D eigenvalue weighted by atomic mass is 32.2. The second kappa shape index (κ2) is 4.59. The molecule has 1 N–H and O–H groups in total. The summed E-state index contributed by atoms with van der Waals surface area (Å²) in [6.45, 7) is 5.95. The van der Waals surface area contributed by atoms with Crippen molar-refractivity contribution in [1.29, 1.82) is 0 Å². The van der Waals surface area contributed by atoms with Crippen molar-refractivity contribution in [2.45, 2.75) is 51.0 Å². The van der Waals surface area contributed by atoms with E-state index in [1.54, 1.807) is 13.8 Å². The van der Waals surface area contributed by atoms with Crippen molar-refractivity contribution in [1.82, 2.24) is 4.72 Å². The summed E-state index contributed by atoms with van der Waals surface area (Å²) >= 11 is 0. The molecule has 1 aliphatic rings. The van der Waals surface area contributed by atoms with Crippen LogP contribution < -0.4 is 4.72 Å². The Balaban J connectivity index is 2.51. The molecule has 0 aromatic rings. The predicted octanol–water partition coefficient (Wildman–Crippen LogP) is 0.882. The predicted molar refractivity (Wildman–Crippen MR) is 55.6 cm³/mol. The van der Waals surface area contributed by atoms with Gasteiger partial charge in [-0.05, 0) is 33.6 Å². The Labute approximate surface area is 86.1 Å². The van der Waals surface area contributed by atoms with Crippen molar-refractivity contribution in [3.8, 4) is 0 Å². The molecule has 0 bridgehead atoms. The number of ether oxygens (including phenoxy) is 1. The molecule has 1 fully saturated rings. The molecule has 0 aromatic heterocycles. The molecule has 5 heteroatoms. The quantitative estimate of drug-likeness (QED) is 0.766. The van der Waals surface area contributed by atoms with Gasteiger partial charge in [0, 0.05) is 12.6 Å². The van der Waals surface area contributed by atoms with Crippen LogP contribution in [0.15, 0.2) is 0 Å². The molecule has 2 atom stereocenters. The minimum Gasteiger partial charge on any atom is -0.377 e. The number of hydrogen-bond acceptors (Lipinski definition) is 3. The number of hydrogen-bond donors (Lipinski definition) is 1. The van der Waals surface area contributed by atoms with Crippen LogP contribution in [0.3, 0.4) is 0 Å². The first-order valence-electron chi connectivity index (χ1n) is 5.06. The van der Waals surface area contributed by atoms with Crippen LogP contribution in [0.5, 0.6) is 0 Å². The topological polar surface area (TPSA) is 55.4 Å². The summed E-state index contributed by atoms with van der Waals surface area (Å²) in [4.78, 5) is 0. The monoisotopic (exact) mass is 221 g/mol. The van der Waals surface area contributed by atoms with Gasteiger partial charge in [-0.1, -0.05) is 0 Å². The van der Waals surface area contributed by atoms with E-state index in [9.17, 15) is 8.42 Å². The minimum absolute atomic E-state index is 0.0449. The Kier molecular flexibility index (Phi) is 3.92. The van der Waals surface area contributed by atoms with Gasteiger partial charge in [0.05, 0.1) is 11.4 Å². The van der Waals surface area contributed by atoms with Gasteiger partial charge in [-0.25, -0.2) is 13.1 Å². The lowest BCUT2D eigenvalue weighted by Crippen LogP contribution is -2.43. The van der Waals surface area contributed by atoms with E-state index in [1.807, 2.05) is 6.92 Å². The van der Waals surface area contributed by atoms with Gasteiger partial charge in [0.2, 0.25) is 10.0 Å². The third-order valence-electron chi connectivity index (χ3n) is 2.49. The zero-order valence-corrected chi connectivity index (χ0v) is 9.80. The molecule has 84 valence electrons. The molecule has 0 aromatic carbocycles. The Morgan fingerprint density at radius 3 is 2.43 bits per heavy atom. The van der Waals surface area contributed by atoms with Crippen molar-refractivity contribution < 1.29 is 13.2 Å². The maximum Gasteiger partial charge on any atom is 0.214 e. The lowest BCUT2D eigenvalue weighted by molar-refractivity contribution is 0.0902. The first-order valence-corrected chi connectivity index (χ1v) is 6.61. The standard InChI is InChI=1S/C9H19NO3S/c1-7(2)14(11,12)10-8(3)9-5-4-6-13-9/h7-10H,4-6H2,1-3H3. The molecule has 0 amide bonds. The van der Waals surface area contributed by atoms with Crippen molar-refractivity contribution in [3.05, 3.63) is 0 Å². The zero-order chi connectivity index (χ0) is 10.8. The molecule has 14 heavy (non-hydrogen) atoms. The van der Waals surface area contributed by atoms with Gasteiger partial charge in [-0.3, -0.25) is 0 Å². The molecule has 1 saturated heterocycles. The lowest BCUT2D eigenvalue weighted by Gasteiger charge is -2.21. The molecular weight excluding hydrogens is 202 g/mol. The molecule has 1 heterocycles. The van der Waals surface area contributed by atoms with Gasteiger partial charge in [0.1, 0.15) is 0 Å². The van der Waals surface area contributed by atoms with Gasteiger partial charge in [0.15, 0.2) is 0 Å². The molecule has 0 spiro atoms. The van der Waals surface area contributed by atoms with Crippen LogP contribution in [-0.4, -0.2) is 32.4 Å². The van der Waals surface area contributed by atoms with Crippen LogP contribution in [0.4, 0.5) is 0 Å². The highest BCUT2D eigenvalue weighted by Crippen LogP contribution is 2.16. The highest BCUT2D eigenvalue weighted by Gasteiger charge is 2.27. The summed E-state index contributed by atoms with van der Waals surface area (Å²) in [5, 5.41) is -0.383. The molecule has 1 rings (SSSR count). The molecule has 4 nitrogen and oxygen atoms in total. The fourth-order valence-electron chi connectivity index (χ4n) is 1.47. The summed E-state index contributed by atoms with van der Waals surface area (Å²) in [7, 11) is -3.16. The van der Waals surface area contributed by atoms with Gasteiger partial charge < -0.3 is 4.74 Å². The molecule has 2 unspecified atom stereocenters. The van der Waals surface area contributed by atoms with E-state index in [1.165, 1.54) is 0 Å². The van der Waals surface area contributed by atoms with Crippen LogP contribution in [0.2, 0.25) is 0 Å². The van der Waals surface area contributed by atoms with Crippen molar-refractivity contribution in [2.75, 3.05) is 6.61 Å². The van der Waals surface area contributed by atoms with E-state index in [2.05, 4.69) is 4.72 Å². The smallest absolute Gasteiger partial charge is 0.214 e. The van der Waals surface area contributed by atoms with Crippen LogP contribution in [0.25, 0.3) is 0 Å². The Morgan fingerprint density at radius 2 is 2.00 bits per heavy atom. The Bertz CT molecular complexity index is 268. The first kappa shape index (κ1) is 11.9. The fraction of sp³-hybridized carbons (Fsp3) is 1.00. The van der Waals surface area contributed by atoms with E-state index < -0.39 is 10.0 Å². The summed E-state index contributed by atoms with van der Waals surface area (Å²) < 4.78 is 31.1. The normalized spacial score (nSPS) is 25.6. The van der Waals surface area contributed by atoms with Gasteiger partial charge in [-0.15, -0.1) is 0 Å². The van der Waals surface area contributed by atoms with E-state index in [4.69, 9.17) is 4.74 Å². The number of rotatable bonds is 4. The molecular formula is C9H19NO3S. The van der Waals surface area contributed by atoms with Crippen LogP contribution >= 0.6 is 0 Å². The van der Waals surface area contributed by atoms with E-state index in [0.29, 0.717) is 0 Å². The molecule has 1 aliphatic heterocycles. The van der Waals surface area contributed by atoms with Gasteiger partial charge in [-0.2, -0.15) is 0 Å². The van der Waals surface area contributed by atoms with E-state index in [-0.39, 0.29) is 17.4 Å². The summed E-state index contributed by atoms with van der Waals surface area (Å²) in [6, 6.07) is -0.120. The average molecular weight is 221 g/mol. The van der Waals surface area contributed by atoms with Gasteiger partial charge >= 0.3 is 0 Å². The van der Waals surface area contributed by atoms with Crippen molar-refractivity contribution >= 4 is 10.0 Å². The Hall–Kier alpha value is -0.130. The van der Waals surface area contributed by atoms with E-state index >= 15 is 0 Å². The minimum atomic E-state index is -3.16. The summed E-state index contributed by atoms with van der Waals surface area (Å²) in [5.74, 6) is 0.